The van der Waals surface area contributed by atoms with Crippen molar-refractivity contribution < 1.29 is 9.21 Å². The predicted molar refractivity (Wildman–Crippen MR) is 88.6 cm³/mol. The van der Waals surface area contributed by atoms with Gasteiger partial charge in [0.1, 0.15) is 6.07 Å². The van der Waals surface area contributed by atoms with Crippen molar-refractivity contribution in [1.29, 1.82) is 5.26 Å². The monoisotopic (exact) mass is 309 g/mol. The number of nitriles is 1. The summed E-state index contributed by atoms with van der Waals surface area (Å²) in [6.45, 7) is 3.99. The van der Waals surface area contributed by atoms with E-state index in [0.29, 0.717) is 0 Å². The average Bonchev–Trinajstić information content (AvgIpc) is 3.07. The maximum atomic E-state index is 12.4. The zero-order valence-electron chi connectivity index (χ0n) is 13.1. The molecule has 0 saturated carbocycles. The third-order valence-corrected chi connectivity index (χ3v) is 4.13. The first-order valence-electron chi connectivity index (χ1n) is 7.85. The standard InChI is InChI=1S/C18H19N3O2/c1-13-6-5-7-15(21-10-3-2-4-11-21)17(13)20-18(22)16-9-8-14(12-19)23-16/h5-9H,2-4,10-11H2,1H3,(H,20,22). The zero-order valence-corrected chi connectivity index (χ0v) is 13.1. The van der Waals surface area contributed by atoms with Crippen LogP contribution in [0.2, 0.25) is 0 Å². The number of benzene rings is 1. The van der Waals surface area contributed by atoms with E-state index in [1.807, 2.05) is 31.2 Å². The van der Waals surface area contributed by atoms with Crippen LogP contribution in [0, 0.1) is 18.3 Å². The second kappa shape index (κ2) is 6.57. The van der Waals surface area contributed by atoms with Gasteiger partial charge in [-0.15, -0.1) is 0 Å². The number of carbonyl (C=O) groups is 1. The molecule has 5 nitrogen and oxygen atoms in total. The molecule has 23 heavy (non-hydrogen) atoms. The molecule has 1 aliphatic rings. The fourth-order valence-corrected chi connectivity index (χ4v) is 2.91. The van der Waals surface area contributed by atoms with Crippen molar-refractivity contribution in [1.82, 2.24) is 0 Å². The molecule has 118 valence electrons. The van der Waals surface area contributed by atoms with Crippen LogP contribution in [0.15, 0.2) is 34.7 Å². The summed E-state index contributed by atoms with van der Waals surface area (Å²) in [5.74, 6) is -0.0513. The fraction of sp³-hybridized carbons (Fsp3) is 0.333. The van der Waals surface area contributed by atoms with Gasteiger partial charge in [0.2, 0.25) is 5.76 Å². The molecule has 1 aromatic heterocycles. The van der Waals surface area contributed by atoms with Crippen LogP contribution in [0.3, 0.4) is 0 Å². The number of nitrogens with one attached hydrogen (secondary N) is 1. The molecule has 1 fully saturated rings. The van der Waals surface area contributed by atoms with E-state index in [4.69, 9.17) is 9.68 Å². The lowest BCUT2D eigenvalue weighted by Crippen LogP contribution is -2.30. The van der Waals surface area contributed by atoms with Crippen molar-refractivity contribution in [2.24, 2.45) is 0 Å². The van der Waals surface area contributed by atoms with Crippen molar-refractivity contribution in [3.8, 4) is 6.07 Å². The van der Waals surface area contributed by atoms with Crippen LogP contribution in [0.5, 0.6) is 0 Å². The lowest BCUT2D eigenvalue weighted by molar-refractivity contribution is 0.0996. The van der Waals surface area contributed by atoms with E-state index in [9.17, 15) is 4.79 Å². The molecule has 3 rings (SSSR count). The number of piperidine rings is 1. The number of anilines is 2. The maximum absolute atomic E-state index is 12.4. The molecule has 1 aromatic carbocycles. The highest BCUT2D eigenvalue weighted by molar-refractivity contribution is 6.04. The highest BCUT2D eigenvalue weighted by atomic mass is 16.3. The normalized spacial score (nSPS) is 14.3. The van der Waals surface area contributed by atoms with E-state index < -0.39 is 0 Å². The van der Waals surface area contributed by atoms with Gasteiger partial charge < -0.3 is 14.6 Å². The molecule has 2 heterocycles. The van der Waals surface area contributed by atoms with Gasteiger partial charge in [0.15, 0.2) is 5.76 Å². The quantitative estimate of drug-likeness (QED) is 0.938. The first-order valence-corrected chi connectivity index (χ1v) is 7.85. The van der Waals surface area contributed by atoms with Gasteiger partial charge in [0.05, 0.1) is 11.4 Å². The van der Waals surface area contributed by atoms with Crippen LogP contribution in [0.25, 0.3) is 0 Å². The first kappa shape index (κ1) is 15.2. The molecule has 1 aliphatic heterocycles. The van der Waals surface area contributed by atoms with Crippen molar-refractivity contribution in [3.63, 3.8) is 0 Å². The number of hydrogen-bond acceptors (Lipinski definition) is 4. The summed E-state index contributed by atoms with van der Waals surface area (Å²) in [5, 5.41) is 11.7. The fourth-order valence-electron chi connectivity index (χ4n) is 2.91. The van der Waals surface area contributed by atoms with Crippen LogP contribution in [-0.2, 0) is 0 Å². The van der Waals surface area contributed by atoms with Crippen LogP contribution < -0.4 is 10.2 Å². The van der Waals surface area contributed by atoms with Crippen molar-refractivity contribution in [3.05, 3.63) is 47.4 Å². The third-order valence-electron chi connectivity index (χ3n) is 4.13. The minimum Gasteiger partial charge on any atom is -0.440 e. The van der Waals surface area contributed by atoms with Crippen molar-refractivity contribution in [2.75, 3.05) is 23.3 Å². The van der Waals surface area contributed by atoms with Crippen molar-refractivity contribution in [2.45, 2.75) is 26.2 Å². The molecule has 1 saturated heterocycles. The van der Waals surface area contributed by atoms with E-state index >= 15 is 0 Å². The summed E-state index contributed by atoms with van der Waals surface area (Å²) >= 11 is 0. The number of hydrogen-bond donors (Lipinski definition) is 1. The van der Waals surface area contributed by atoms with Gasteiger partial charge in [-0.1, -0.05) is 12.1 Å². The van der Waals surface area contributed by atoms with Gasteiger partial charge in [-0.3, -0.25) is 4.79 Å². The van der Waals surface area contributed by atoms with Crippen LogP contribution in [0.1, 0.15) is 41.1 Å². The number of nitrogens with zero attached hydrogens (tertiary/aromatic N) is 2. The Labute approximate surface area is 135 Å². The molecule has 0 radical (unpaired) electrons. The summed E-state index contributed by atoms with van der Waals surface area (Å²) < 4.78 is 5.21. The summed E-state index contributed by atoms with van der Waals surface area (Å²) in [6.07, 6.45) is 3.60. The predicted octanol–water partition coefficient (Wildman–Crippen LogP) is 3.70. The smallest absolute Gasteiger partial charge is 0.291 e. The SMILES string of the molecule is Cc1cccc(N2CCCCC2)c1NC(=O)c1ccc(C#N)o1. The summed E-state index contributed by atoms with van der Waals surface area (Å²) in [6, 6.07) is 10.9. The Morgan fingerprint density at radius 1 is 1.22 bits per heavy atom. The number of amides is 1. The first-order chi connectivity index (χ1) is 11.2. The Morgan fingerprint density at radius 2 is 2.00 bits per heavy atom. The molecule has 0 aliphatic carbocycles. The Bertz CT molecular complexity index is 752. The lowest BCUT2D eigenvalue weighted by atomic mass is 10.1. The van der Waals surface area contributed by atoms with Crippen LogP contribution in [-0.4, -0.2) is 19.0 Å². The number of rotatable bonds is 3. The molecule has 0 atom stereocenters. The van der Waals surface area contributed by atoms with Crippen LogP contribution >= 0.6 is 0 Å². The van der Waals surface area contributed by atoms with E-state index in [1.165, 1.54) is 31.4 Å². The van der Waals surface area contributed by atoms with Gasteiger partial charge in [-0.25, -0.2) is 0 Å². The third kappa shape index (κ3) is 3.21. The molecule has 5 heteroatoms. The second-order valence-electron chi connectivity index (χ2n) is 5.75. The number of para-hydroxylation sites is 1. The summed E-state index contributed by atoms with van der Waals surface area (Å²) in [4.78, 5) is 14.7. The van der Waals surface area contributed by atoms with Gasteiger partial charge in [-0.2, -0.15) is 5.26 Å². The van der Waals surface area contributed by atoms with Crippen LogP contribution in [0.4, 0.5) is 11.4 Å². The molecule has 1 N–H and O–H groups in total. The maximum Gasteiger partial charge on any atom is 0.291 e. The Morgan fingerprint density at radius 3 is 2.70 bits per heavy atom. The average molecular weight is 309 g/mol. The number of aryl methyl sites for hydroxylation is 1. The van der Waals surface area contributed by atoms with E-state index in [-0.39, 0.29) is 17.4 Å². The molecule has 2 aromatic rings. The second-order valence-corrected chi connectivity index (χ2v) is 5.75. The molecule has 0 unspecified atom stereocenters. The number of furan rings is 1. The summed E-state index contributed by atoms with van der Waals surface area (Å²) in [7, 11) is 0. The zero-order chi connectivity index (χ0) is 16.2. The van der Waals surface area contributed by atoms with Gasteiger partial charge in [0.25, 0.3) is 5.91 Å². The minimum absolute atomic E-state index is 0.135. The van der Waals surface area contributed by atoms with E-state index in [0.717, 1.165) is 30.0 Å². The Hall–Kier alpha value is -2.74. The number of carbonyl (C=O) groups excluding carboxylic acids is 1. The Balaban J connectivity index is 1.86. The van der Waals surface area contributed by atoms with Crippen molar-refractivity contribution >= 4 is 17.3 Å². The molecule has 0 spiro atoms. The molecule has 0 bridgehead atoms. The topological polar surface area (TPSA) is 69.3 Å². The van der Waals surface area contributed by atoms with Gasteiger partial charge >= 0.3 is 0 Å². The molecule has 1 amide bonds. The molecular weight excluding hydrogens is 290 g/mol. The van der Waals surface area contributed by atoms with E-state index in [2.05, 4.69) is 10.2 Å². The largest absolute Gasteiger partial charge is 0.440 e. The minimum atomic E-state index is -0.334. The van der Waals surface area contributed by atoms with Gasteiger partial charge in [-0.05, 0) is 49.9 Å². The van der Waals surface area contributed by atoms with E-state index in [1.54, 1.807) is 0 Å². The highest BCUT2D eigenvalue weighted by Gasteiger charge is 2.19. The highest BCUT2D eigenvalue weighted by Crippen LogP contribution is 2.31. The van der Waals surface area contributed by atoms with Gasteiger partial charge in [0, 0.05) is 13.1 Å². The molecular formula is C18H19N3O2. The summed E-state index contributed by atoms with van der Waals surface area (Å²) in [5.41, 5.74) is 2.87. The Kier molecular flexibility index (Phi) is 4.33. The lowest BCUT2D eigenvalue weighted by Gasteiger charge is -2.31.